The molecule has 2 aliphatic rings. The number of benzene rings is 2. The van der Waals surface area contributed by atoms with Gasteiger partial charge in [-0.3, -0.25) is 9.69 Å². The van der Waals surface area contributed by atoms with Crippen molar-refractivity contribution in [2.24, 2.45) is 11.8 Å². The number of carbonyl (C=O) groups excluding carboxylic acids is 1. The summed E-state index contributed by atoms with van der Waals surface area (Å²) in [5, 5.41) is 10.4. The fraction of sp³-hybridized carbons (Fsp3) is 0.348. The number of fused-ring (bicyclic) bond motifs is 1. The lowest BCUT2D eigenvalue weighted by atomic mass is 9.91. The minimum atomic E-state index is -0.371. The highest BCUT2D eigenvalue weighted by atomic mass is 19.1. The molecule has 1 N–H and O–H groups in total. The Morgan fingerprint density at radius 1 is 1.21 bits per heavy atom. The highest BCUT2D eigenvalue weighted by Crippen LogP contribution is 2.40. The molecule has 0 radical (unpaired) electrons. The second kappa shape index (κ2) is 7.40. The Labute approximate surface area is 164 Å². The summed E-state index contributed by atoms with van der Waals surface area (Å²) < 4.78 is 19.3. The Kier molecular flexibility index (Phi) is 4.94. The highest BCUT2D eigenvalue weighted by Gasteiger charge is 2.32. The second-order valence-electron chi connectivity index (χ2n) is 8.07. The number of phenolic OH excluding ortho intramolecular Hbond substituents is 1. The molecular formula is C23H24FNO3. The second-order valence-corrected chi connectivity index (χ2v) is 8.07. The van der Waals surface area contributed by atoms with Crippen molar-refractivity contribution in [2.45, 2.75) is 26.8 Å². The van der Waals surface area contributed by atoms with Crippen LogP contribution in [-0.4, -0.2) is 28.9 Å². The molecule has 1 saturated heterocycles. The SMILES string of the molecule is CC1CC(C)CN(Cc2c(O)ccc3c2O/C(=C/c2cccc(F)c2)C3=O)C1. The zero-order chi connectivity index (χ0) is 19.8. The number of phenols is 1. The number of ether oxygens (including phenoxy) is 1. The zero-order valence-corrected chi connectivity index (χ0v) is 16.1. The normalized spacial score (nSPS) is 23.7. The van der Waals surface area contributed by atoms with Gasteiger partial charge in [0.1, 0.15) is 17.3 Å². The molecule has 0 bridgehead atoms. The largest absolute Gasteiger partial charge is 0.507 e. The van der Waals surface area contributed by atoms with Crippen molar-refractivity contribution in [1.82, 2.24) is 4.90 Å². The van der Waals surface area contributed by atoms with Crippen molar-refractivity contribution >= 4 is 11.9 Å². The average Bonchev–Trinajstić information content (AvgIpc) is 2.93. The average molecular weight is 381 g/mol. The van der Waals surface area contributed by atoms with Crippen LogP contribution in [0.5, 0.6) is 11.5 Å². The summed E-state index contributed by atoms with van der Waals surface area (Å²) in [6.45, 7) is 6.90. The monoisotopic (exact) mass is 381 g/mol. The van der Waals surface area contributed by atoms with E-state index in [0.717, 1.165) is 13.1 Å². The van der Waals surface area contributed by atoms with Crippen molar-refractivity contribution in [3.8, 4) is 11.5 Å². The highest BCUT2D eigenvalue weighted by molar-refractivity contribution is 6.15. The summed E-state index contributed by atoms with van der Waals surface area (Å²) in [7, 11) is 0. The summed E-state index contributed by atoms with van der Waals surface area (Å²) in [6, 6.07) is 9.14. The summed E-state index contributed by atoms with van der Waals surface area (Å²) in [6.07, 6.45) is 2.74. The van der Waals surface area contributed by atoms with Crippen molar-refractivity contribution in [3.63, 3.8) is 0 Å². The van der Waals surface area contributed by atoms with E-state index in [9.17, 15) is 14.3 Å². The van der Waals surface area contributed by atoms with Gasteiger partial charge in [-0.25, -0.2) is 4.39 Å². The molecule has 2 heterocycles. The lowest BCUT2D eigenvalue weighted by Crippen LogP contribution is -2.38. The summed E-state index contributed by atoms with van der Waals surface area (Å²) >= 11 is 0. The van der Waals surface area contributed by atoms with E-state index in [2.05, 4.69) is 18.7 Å². The molecule has 2 unspecified atom stereocenters. The first kappa shape index (κ1) is 18.7. The van der Waals surface area contributed by atoms with Gasteiger partial charge in [0, 0.05) is 19.6 Å². The van der Waals surface area contributed by atoms with Gasteiger partial charge < -0.3 is 9.84 Å². The molecule has 0 aliphatic carbocycles. The van der Waals surface area contributed by atoms with E-state index in [1.807, 2.05) is 0 Å². The number of piperidine rings is 1. The van der Waals surface area contributed by atoms with Crippen LogP contribution < -0.4 is 4.74 Å². The van der Waals surface area contributed by atoms with Gasteiger partial charge in [-0.2, -0.15) is 0 Å². The molecule has 2 atom stereocenters. The summed E-state index contributed by atoms with van der Waals surface area (Å²) in [4.78, 5) is 15.1. The van der Waals surface area contributed by atoms with Crippen LogP contribution in [0.15, 0.2) is 42.2 Å². The van der Waals surface area contributed by atoms with Crippen LogP contribution in [0.2, 0.25) is 0 Å². The number of Topliss-reactive ketones (excluding diaryl/α,β-unsaturated/α-hetero) is 1. The number of rotatable bonds is 3. The van der Waals surface area contributed by atoms with Crippen molar-refractivity contribution in [1.29, 1.82) is 0 Å². The summed E-state index contributed by atoms with van der Waals surface area (Å²) in [5.74, 6) is 1.25. The lowest BCUT2D eigenvalue weighted by Gasteiger charge is -2.35. The van der Waals surface area contributed by atoms with Gasteiger partial charge in [0.2, 0.25) is 5.78 Å². The number of aromatic hydroxyl groups is 1. The number of hydrogen-bond donors (Lipinski definition) is 1. The van der Waals surface area contributed by atoms with E-state index in [1.165, 1.54) is 24.6 Å². The van der Waals surface area contributed by atoms with Gasteiger partial charge >= 0.3 is 0 Å². The molecule has 0 amide bonds. The van der Waals surface area contributed by atoms with Crippen molar-refractivity contribution < 1.29 is 19.0 Å². The van der Waals surface area contributed by atoms with E-state index >= 15 is 0 Å². The summed E-state index contributed by atoms with van der Waals surface area (Å²) in [5.41, 5.74) is 1.63. The molecule has 2 aliphatic heterocycles. The van der Waals surface area contributed by atoms with Crippen molar-refractivity contribution in [3.05, 3.63) is 64.7 Å². The van der Waals surface area contributed by atoms with E-state index in [-0.39, 0.29) is 23.1 Å². The van der Waals surface area contributed by atoms with Gasteiger partial charge in [0.15, 0.2) is 5.76 Å². The third-order valence-corrected chi connectivity index (χ3v) is 5.39. The van der Waals surface area contributed by atoms with Crippen LogP contribution in [0, 0.1) is 17.7 Å². The third kappa shape index (κ3) is 3.67. The Morgan fingerprint density at radius 3 is 2.68 bits per heavy atom. The molecule has 5 heteroatoms. The number of nitrogens with zero attached hydrogens (tertiary/aromatic N) is 1. The minimum Gasteiger partial charge on any atom is -0.507 e. The molecule has 146 valence electrons. The molecule has 0 saturated carbocycles. The molecule has 0 spiro atoms. The lowest BCUT2D eigenvalue weighted by molar-refractivity contribution is 0.101. The number of hydrogen-bond acceptors (Lipinski definition) is 4. The molecule has 4 nitrogen and oxygen atoms in total. The van der Waals surface area contributed by atoms with Gasteiger partial charge in [-0.15, -0.1) is 0 Å². The van der Waals surface area contributed by atoms with Crippen LogP contribution in [-0.2, 0) is 6.54 Å². The molecule has 28 heavy (non-hydrogen) atoms. The van der Waals surface area contributed by atoms with E-state index < -0.39 is 0 Å². The van der Waals surface area contributed by atoms with Gasteiger partial charge in [-0.05, 0) is 54.2 Å². The quantitative estimate of drug-likeness (QED) is 0.788. The van der Waals surface area contributed by atoms with Gasteiger partial charge in [0.25, 0.3) is 0 Å². The van der Waals surface area contributed by atoms with Crippen molar-refractivity contribution in [2.75, 3.05) is 13.1 Å². The van der Waals surface area contributed by atoms with E-state index in [4.69, 9.17) is 4.74 Å². The van der Waals surface area contributed by atoms with Crippen LogP contribution >= 0.6 is 0 Å². The molecular weight excluding hydrogens is 357 g/mol. The predicted molar refractivity (Wildman–Crippen MR) is 106 cm³/mol. The predicted octanol–water partition coefficient (Wildman–Crippen LogP) is 4.63. The first-order chi connectivity index (χ1) is 13.4. The third-order valence-electron chi connectivity index (χ3n) is 5.39. The van der Waals surface area contributed by atoms with Gasteiger partial charge in [-0.1, -0.05) is 26.0 Å². The number of halogens is 1. The number of ketones is 1. The van der Waals surface area contributed by atoms with Crippen LogP contribution in [0.4, 0.5) is 4.39 Å². The molecule has 1 fully saturated rings. The topological polar surface area (TPSA) is 49.8 Å². The molecule has 2 aromatic rings. The standard InChI is InChI=1S/C23H24FNO3/c1-14-8-15(2)12-25(11-14)13-19-20(26)7-6-18-22(27)21(28-23(18)19)10-16-4-3-5-17(24)9-16/h3-7,9-10,14-15,26H,8,11-13H2,1-2H3/b21-10+. The maximum atomic E-state index is 13.4. The number of carbonyl (C=O) groups is 1. The zero-order valence-electron chi connectivity index (χ0n) is 16.1. The van der Waals surface area contributed by atoms with Crippen LogP contribution in [0.25, 0.3) is 6.08 Å². The van der Waals surface area contributed by atoms with E-state index in [1.54, 1.807) is 24.3 Å². The maximum Gasteiger partial charge on any atom is 0.231 e. The first-order valence-corrected chi connectivity index (χ1v) is 9.67. The fourth-order valence-corrected chi connectivity index (χ4v) is 4.34. The number of allylic oxidation sites excluding steroid dienone is 1. The molecule has 2 aromatic carbocycles. The smallest absolute Gasteiger partial charge is 0.231 e. The maximum absolute atomic E-state index is 13.4. The van der Waals surface area contributed by atoms with Gasteiger partial charge in [0.05, 0.1) is 11.1 Å². The first-order valence-electron chi connectivity index (χ1n) is 9.67. The molecule has 4 rings (SSSR count). The molecule has 0 aromatic heterocycles. The van der Waals surface area contributed by atoms with E-state index in [0.29, 0.717) is 40.8 Å². The Morgan fingerprint density at radius 2 is 1.96 bits per heavy atom. The van der Waals surface area contributed by atoms with Crippen LogP contribution in [0.1, 0.15) is 41.8 Å². The Bertz CT molecular complexity index is 943. The Balaban J connectivity index is 1.64. The number of likely N-dealkylation sites (tertiary alicyclic amines) is 1. The minimum absolute atomic E-state index is 0.129. The Hall–Kier alpha value is -2.66. The van der Waals surface area contributed by atoms with Crippen LogP contribution in [0.3, 0.4) is 0 Å². The fourth-order valence-electron chi connectivity index (χ4n) is 4.34.